The summed E-state index contributed by atoms with van der Waals surface area (Å²) in [5, 5.41) is 15.5. The number of H-pyrrole nitrogens is 1. The van der Waals surface area contributed by atoms with E-state index in [1.807, 2.05) is 36.4 Å². The average Bonchev–Trinajstić information content (AvgIpc) is 3.13. The van der Waals surface area contributed by atoms with Crippen LogP contribution in [0.5, 0.6) is 5.75 Å². The van der Waals surface area contributed by atoms with Crippen molar-refractivity contribution in [2.24, 2.45) is 0 Å². The maximum atomic E-state index is 12.6. The lowest BCUT2D eigenvalue weighted by Gasteiger charge is -2.09. The van der Waals surface area contributed by atoms with Crippen LogP contribution in [-0.4, -0.2) is 23.1 Å². The molecular weight excluding hydrogens is 328 g/mol. The Balaban J connectivity index is 1.67. The molecule has 0 saturated carbocycles. The van der Waals surface area contributed by atoms with E-state index in [1.54, 1.807) is 25.3 Å². The number of carbonyl (C=O) groups is 1. The Labute approximate surface area is 150 Å². The van der Waals surface area contributed by atoms with Gasteiger partial charge in [-0.3, -0.25) is 4.79 Å². The molecular formula is C21H18N2O3. The molecule has 5 heteroatoms. The molecule has 0 bridgehead atoms. The van der Waals surface area contributed by atoms with E-state index in [0.29, 0.717) is 22.7 Å². The summed E-state index contributed by atoms with van der Waals surface area (Å²) in [4.78, 5) is 15.8. The zero-order valence-corrected chi connectivity index (χ0v) is 14.2. The van der Waals surface area contributed by atoms with Crippen LogP contribution in [0.4, 0.5) is 5.69 Å². The monoisotopic (exact) mass is 346 g/mol. The van der Waals surface area contributed by atoms with E-state index in [0.717, 1.165) is 21.7 Å². The number of aromatic amines is 1. The first-order valence-electron chi connectivity index (χ1n) is 8.29. The normalized spacial score (nSPS) is 11.0. The number of aromatic nitrogens is 1. The van der Waals surface area contributed by atoms with Crippen LogP contribution in [0.1, 0.15) is 16.1 Å². The number of nitrogens with one attached hydrogen (secondary N) is 2. The molecule has 26 heavy (non-hydrogen) atoms. The van der Waals surface area contributed by atoms with Crippen molar-refractivity contribution in [3.05, 3.63) is 71.9 Å². The van der Waals surface area contributed by atoms with Gasteiger partial charge in [0.25, 0.3) is 5.91 Å². The van der Waals surface area contributed by atoms with Gasteiger partial charge in [-0.2, -0.15) is 0 Å². The standard InChI is InChI=1S/C21H18N2O3/c1-26-20-9-7-15(10-14(20)12-24)22-21(25)19-11-17-16-5-3-2-4-13(16)6-8-18(17)23-19/h2-11,23-24H,12H2,1H3,(H,22,25). The van der Waals surface area contributed by atoms with Gasteiger partial charge in [0.15, 0.2) is 0 Å². The van der Waals surface area contributed by atoms with E-state index in [1.165, 1.54) is 0 Å². The summed E-state index contributed by atoms with van der Waals surface area (Å²) in [6.07, 6.45) is 0. The number of fused-ring (bicyclic) bond motifs is 3. The van der Waals surface area contributed by atoms with E-state index in [-0.39, 0.29) is 12.5 Å². The molecule has 0 unspecified atom stereocenters. The fourth-order valence-corrected chi connectivity index (χ4v) is 3.19. The molecule has 0 spiro atoms. The third-order valence-corrected chi connectivity index (χ3v) is 4.48. The van der Waals surface area contributed by atoms with Gasteiger partial charge in [-0.25, -0.2) is 0 Å². The smallest absolute Gasteiger partial charge is 0.272 e. The number of methoxy groups -OCH3 is 1. The van der Waals surface area contributed by atoms with Crippen LogP contribution < -0.4 is 10.1 Å². The molecule has 5 nitrogen and oxygen atoms in total. The second-order valence-corrected chi connectivity index (χ2v) is 6.07. The van der Waals surface area contributed by atoms with Crippen LogP contribution in [0.25, 0.3) is 21.7 Å². The summed E-state index contributed by atoms with van der Waals surface area (Å²) in [5.74, 6) is 0.349. The van der Waals surface area contributed by atoms with Crippen molar-refractivity contribution in [3.8, 4) is 5.75 Å². The van der Waals surface area contributed by atoms with Gasteiger partial charge >= 0.3 is 0 Å². The van der Waals surface area contributed by atoms with E-state index in [4.69, 9.17) is 4.74 Å². The predicted molar refractivity (Wildman–Crippen MR) is 103 cm³/mol. The van der Waals surface area contributed by atoms with Crippen molar-refractivity contribution in [1.29, 1.82) is 0 Å². The maximum absolute atomic E-state index is 12.6. The summed E-state index contributed by atoms with van der Waals surface area (Å²) >= 11 is 0. The number of carbonyl (C=O) groups excluding carboxylic acids is 1. The molecule has 4 aromatic rings. The Kier molecular flexibility index (Phi) is 4.07. The molecule has 130 valence electrons. The highest BCUT2D eigenvalue weighted by atomic mass is 16.5. The largest absolute Gasteiger partial charge is 0.496 e. The highest BCUT2D eigenvalue weighted by molar-refractivity contribution is 6.12. The van der Waals surface area contributed by atoms with Crippen molar-refractivity contribution in [1.82, 2.24) is 4.98 Å². The van der Waals surface area contributed by atoms with Crippen molar-refractivity contribution in [2.45, 2.75) is 6.61 Å². The number of hydrogen-bond acceptors (Lipinski definition) is 3. The maximum Gasteiger partial charge on any atom is 0.272 e. The van der Waals surface area contributed by atoms with Gasteiger partial charge in [0.1, 0.15) is 11.4 Å². The minimum atomic E-state index is -0.237. The lowest BCUT2D eigenvalue weighted by Crippen LogP contribution is -2.12. The number of aliphatic hydroxyl groups excluding tert-OH is 1. The van der Waals surface area contributed by atoms with Crippen molar-refractivity contribution in [3.63, 3.8) is 0 Å². The highest BCUT2D eigenvalue weighted by Gasteiger charge is 2.12. The molecule has 4 rings (SSSR count). The summed E-state index contributed by atoms with van der Waals surface area (Å²) in [5.41, 5.74) is 2.62. The van der Waals surface area contributed by atoms with Crippen LogP contribution in [0.3, 0.4) is 0 Å². The van der Waals surface area contributed by atoms with Gasteiger partial charge in [-0.1, -0.05) is 30.3 Å². The first-order valence-corrected chi connectivity index (χ1v) is 8.29. The second kappa shape index (κ2) is 6.54. The lowest BCUT2D eigenvalue weighted by atomic mass is 10.1. The predicted octanol–water partition coefficient (Wildman–Crippen LogP) is 4.07. The molecule has 0 saturated heterocycles. The summed E-state index contributed by atoms with van der Waals surface area (Å²) in [7, 11) is 1.54. The summed E-state index contributed by atoms with van der Waals surface area (Å²) < 4.78 is 5.18. The molecule has 3 aromatic carbocycles. The molecule has 0 aliphatic rings. The average molecular weight is 346 g/mol. The van der Waals surface area contributed by atoms with E-state index in [9.17, 15) is 9.90 Å². The number of aliphatic hydroxyl groups is 1. The summed E-state index contributed by atoms with van der Waals surface area (Å²) in [6.45, 7) is -0.161. The van der Waals surface area contributed by atoms with Crippen LogP contribution >= 0.6 is 0 Å². The van der Waals surface area contributed by atoms with E-state index in [2.05, 4.69) is 16.4 Å². The minimum absolute atomic E-state index is 0.161. The first kappa shape index (κ1) is 16.2. The SMILES string of the molecule is COc1ccc(NC(=O)c2cc3c(ccc4ccccc43)[nH]2)cc1CO. The fourth-order valence-electron chi connectivity index (χ4n) is 3.19. The number of anilines is 1. The van der Waals surface area contributed by atoms with Crippen molar-refractivity contribution in [2.75, 3.05) is 12.4 Å². The van der Waals surface area contributed by atoms with Gasteiger partial charge in [-0.15, -0.1) is 0 Å². The summed E-state index contributed by atoms with van der Waals surface area (Å²) in [6, 6.07) is 19.1. The van der Waals surface area contributed by atoms with E-state index >= 15 is 0 Å². The van der Waals surface area contributed by atoms with Crippen LogP contribution in [0.2, 0.25) is 0 Å². The number of ether oxygens (including phenoxy) is 1. The van der Waals surface area contributed by atoms with Gasteiger partial charge in [0.2, 0.25) is 0 Å². The molecule has 3 N–H and O–H groups in total. The highest BCUT2D eigenvalue weighted by Crippen LogP contribution is 2.27. The molecule has 0 aliphatic heterocycles. The van der Waals surface area contributed by atoms with Crippen molar-refractivity contribution < 1.29 is 14.6 Å². The molecule has 0 aliphatic carbocycles. The Morgan fingerprint density at radius 1 is 1.08 bits per heavy atom. The Morgan fingerprint density at radius 3 is 2.73 bits per heavy atom. The van der Waals surface area contributed by atoms with Crippen LogP contribution in [0.15, 0.2) is 60.7 Å². The Bertz CT molecular complexity index is 1110. The third-order valence-electron chi connectivity index (χ3n) is 4.48. The quantitative estimate of drug-likeness (QED) is 0.521. The van der Waals surface area contributed by atoms with Gasteiger partial charge in [0, 0.05) is 22.2 Å². The first-order chi connectivity index (χ1) is 12.7. The number of benzene rings is 3. The Hall–Kier alpha value is -3.31. The Morgan fingerprint density at radius 2 is 1.92 bits per heavy atom. The molecule has 0 radical (unpaired) electrons. The second-order valence-electron chi connectivity index (χ2n) is 6.07. The van der Waals surface area contributed by atoms with Gasteiger partial charge in [-0.05, 0) is 41.1 Å². The fraction of sp³-hybridized carbons (Fsp3) is 0.0952. The molecule has 1 aromatic heterocycles. The number of rotatable bonds is 4. The topological polar surface area (TPSA) is 74.3 Å². The molecule has 0 atom stereocenters. The molecule has 1 heterocycles. The zero-order chi connectivity index (χ0) is 18.1. The van der Waals surface area contributed by atoms with Crippen LogP contribution in [0, 0.1) is 0 Å². The third kappa shape index (κ3) is 2.78. The van der Waals surface area contributed by atoms with Gasteiger partial charge < -0.3 is 20.1 Å². The van der Waals surface area contributed by atoms with Crippen molar-refractivity contribution >= 4 is 33.3 Å². The van der Waals surface area contributed by atoms with Gasteiger partial charge in [0.05, 0.1) is 13.7 Å². The molecule has 0 fully saturated rings. The van der Waals surface area contributed by atoms with Crippen LogP contribution in [-0.2, 0) is 6.61 Å². The number of amides is 1. The zero-order valence-electron chi connectivity index (χ0n) is 14.2. The lowest BCUT2D eigenvalue weighted by molar-refractivity contribution is 0.102. The number of hydrogen-bond donors (Lipinski definition) is 3. The molecule has 1 amide bonds. The minimum Gasteiger partial charge on any atom is -0.496 e. The van der Waals surface area contributed by atoms with E-state index < -0.39 is 0 Å².